The van der Waals surface area contributed by atoms with Crippen molar-refractivity contribution in [3.63, 3.8) is 0 Å². The number of morpholine rings is 1. The zero-order valence-corrected chi connectivity index (χ0v) is 16.1. The van der Waals surface area contributed by atoms with Crippen LogP contribution in [0.2, 0.25) is 0 Å². The van der Waals surface area contributed by atoms with Crippen LogP contribution >= 0.6 is 0 Å². The summed E-state index contributed by atoms with van der Waals surface area (Å²) in [4.78, 5) is 29.7. The first-order valence-corrected chi connectivity index (χ1v) is 10.0. The number of piperidine rings is 1. The molecule has 0 aromatic carbocycles. The SMILES string of the molecule is O=C(c1cnccn1)N1CCC[C@H](c2nc3ccc(N4CCOCC4)cn3n2)C1. The Balaban J connectivity index is 1.35. The summed E-state index contributed by atoms with van der Waals surface area (Å²) in [5, 5.41) is 4.74. The van der Waals surface area contributed by atoms with E-state index < -0.39 is 0 Å². The van der Waals surface area contributed by atoms with Crippen molar-refractivity contribution in [3.05, 3.63) is 48.4 Å². The maximum Gasteiger partial charge on any atom is 0.274 e. The lowest BCUT2D eigenvalue weighted by atomic mass is 9.97. The molecule has 5 heterocycles. The van der Waals surface area contributed by atoms with E-state index in [-0.39, 0.29) is 11.8 Å². The molecule has 150 valence electrons. The van der Waals surface area contributed by atoms with Gasteiger partial charge in [0.2, 0.25) is 0 Å². The number of pyridine rings is 1. The highest BCUT2D eigenvalue weighted by molar-refractivity contribution is 5.92. The van der Waals surface area contributed by atoms with Gasteiger partial charge >= 0.3 is 0 Å². The molecule has 5 rings (SSSR count). The number of likely N-dealkylation sites (tertiary alicyclic amines) is 1. The summed E-state index contributed by atoms with van der Waals surface area (Å²) in [7, 11) is 0. The fraction of sp³-hybridized carbons (Fsp3) is 0.450. The van der Waals surface area contributed by atoms with Crippen molar-refractivity contribution in [3.8, 4) is 0 Å². The van der Waals surface area contributed by atoms with Crippen LogP contribution in [0, 0.1) is 0 Å². The summed E-state index contributed by atoms with van der Waals surface area (Å²) in [6.45, 7) is 4.59. The Morgan fingerprint density at radius 3 is 2.86 bits per heavy atom. The molecule has 0 N–H and O–H groups in total. The molecule has 0 bridgehead atoms. The van der Waals surface area contributed by atoms with Gasteiger partial charge in [0.25, 0.3) is 5.91 Å². The molecule has 0 saturated carbocycles. The Morgan fingerprint density at radius 1 is 1.14 bits per heavy atom. The van der Waals surface area contributed by atoms with Gasteiger partial charge in [0.05, 0.1) is 31.3 Å². The lowest BCUT2D eigenvalue weighted by Crippen LogP contribution is -2.39. The van der Waals surface area contributed by atoms with E-state index in [1.807, 2.05) is 21.7 Å². The molecule has 0 radical (unpaired) electrons. The van der Waals surface area contributed by atoms with E-state index in [2.05, 4.69) is 20.9 Å². The summed E-state index contributed by atoms with van der Waals surface area (Å²) >= 11 is 0. The fourth-order valence-electron chi connectivity index (χ4n) is 4.01. The first kappa shape index (κ1) is 18.0. The number of hydrogen-bond acceptors (Lipinski definition) is 7. The van der Waals surface area contributed by atoms with E-state index in [1.54, 1.807) is 12.4 Å². The smallest absolute Gasteiger partial charge is 0.274 e. The highest BCUT2D eigenvalue weighted by atomic mass is 16.5. The van der Waals surface area contributed by atoms with Crippen LogP contribution < -0.4 is 4.90 Å². The van der Waals surface area contributed by atoms with Crippen molar-refractivity contribution < 1.29 is 9.53 Å². The van der Waals surface area contributed by atoms with Crippen molar-refractivity contribution >= 4 is 17.2 Å². The van der Waals surface area contributed by atoms with Crippen LogP contribution in [0.5, 0.6) is 0 Å². The highest BCUT2D eigenvalue weighted by Gasteiger charge is 2.28. The fourth-order valence-corrected chi connectivity index (χ4v) is 4.01. The predicted octanol–water partition coefficient (Wildman–Crippen LogP) is 1.38. The van der Waals surface area contributed by atoms with Crippen LogP contribution in [-0.2, 0) is 4.74 Å². The molecule has 29 heavy (non-hydrogen) atoms. The number of fused-ring (bicyclic) bond motifs is 1. The second kappa shape index (κ2) is 7.75. The van der Waals surface area contributed by atoms with Crippen molar-refractivity contribution in [2.24, 2.45) is 0 Å². The molecule has 0 spiro atoms. The van der Waals surface area contributed by atoms with Gasteiger partial charge in [-0.1, -0.05) is 0 Å². The maximum atomic E-state index is 12.7. The molecule has 2 fully saturated rings. The predicted molar refractivity (Wildman–Crippen MR) is 106 cm³/mol. The molecule has 2 saturated heterocycles. The Kier molecular flexibility index (Phi) is 4.81. The monoisotopic (exact) mass is 393 g/mol. The highest BCUT2D eigenvalue weighted by Crippen LogP contribution is 2.26. The van der Waals surface area contributed by atoms with Gasteiger partial charge in [-0.3, -0.25) is 9.78 Å². The molecular formula is C20H23N7O2. The van der Waals surface area contributed by atoms with E-state index in [0.29, 0.717) is 12.2 Å². The number of carbonyl (C=O) groups excluding carboxylic acids is 1. The molecule has 2 aliphatic heterocycles. The summed E-state index contributed by atoms with van der Waals surface area (Å²) < 4.78 is 7.29. The Morgan fingerprint density at radius 2 is 2.03 bits per heavy atom. The van der Waals surface area contributed by atoms with Gasteiger partial charge < -0.3 is 14.5 Å². The van der Waals surface area contributed by atoms with Crippen LogP contribution in [0.3, 0.4) is 0 Å². The van der Waals surface area contributed by atoms with Gasteiger partial charge in [-0.15, -0.1) is 0 Å². The van der Waals surface area contributed by atoms with E-state index in [9.17, 15) is 4.79 Å². The minimum absolute atomic E-state index is 0.0823. The quantitative estimate of drug-likeness (QED) is 0.664. The van der Waals surface area contributed by atoms with Crippen LogP contribution in [-0.4, -0.2) is 74.8 Å². The second-order valence-corrected chi connectivity index (χ2v) is 7.44. The van der Waals surface area contributed by atoms with Gasteiger partial charge in [0, 0.05) is 44.5 Å². The summed E-state index contributed by atoms with van der Waals surface area (Å²) in [6.07, 6.45) is 8.55. The van der Waals surface area contributed by atoms with Crippen LogP contribution in [0.1, 0.15) is 35.1 Å². The van der Waals surface area contributed by atoms with E-state index >= 15 is 0 Å². The summed E-state index contributed by atoms with van der Waals surface area (Å²) in [5.41, 5.74) is 2.33. The summed E-state index contributed by atoms with van der Waals surface area (Å²) in [6, 6.07) is 4.09. The van der Waals surface area contributed by atoms with Crippen LogP contribution in [0.25, 0.3) is 5.65 Å². The first-order chi connectivity index (χ1) is 14.3. The zero-order valence-electron chi connectivity index (χ0n) is 16.1. The van der Waals surface area contributed by atoms with Gasteiger partial charge in [-0.2, -0.15) is 5.10 Å². The molecule has 2 aliphatic rings. The molecule has 1 atom stereocenters. The molecule has 3 aromatic heterocycles. The average molecular weight is 393 g/mol. The molecule has 3 aromatic rings. The number of anilines is 1. The number of hydrogen-bond donors (Lipinski definition) is 0. The molecule has 0 aliphatic carbocycles. The van der Waals surface area contributed by atoms with Crippen LogP contribution in [0.4, 0.5) is 5.69 Å². The number of nitrogens with zero attached hydrogens (tertiary/aromatic N) is 7. The lowest BCUT2D eigenvalue weighted by Gasteiger charge is -2.31. The van der Waals surface area contributed by atoms with Gasteiger partial charge in [0.1, 0.15) is 5.69 Å². The zero-order chi connectivity index (χ0) is 19.6. The number of rotatable bonds is 3. The van der Waals surface area contributed by atoms with E-state index in [4.69, 9.17) is 14.8 Å². The number of aromatic nitrogens is 5. The maximum absolute atomic E-state index is 12.7. The Labute approximate surface area is 168 Å². The standard InChI is InChI=1S/C20H23N7O2/c28-20(17-12-21-5-6-22-17)26-7-1-2-15(13-26)19-23-18-4-3-16(14-27(18)24-19)25-8-10-29-11-9-25/h3-6,12,14-15H,1-2,7-11,13H2/t15-/m0/s1. The Bertz CT molecular complexity index is 1000. The number of ether oxygens (including phenoxy) is 1. The summed E-state index contributed by atoms with van der Waals surface area (Å²) in [5.74, 6) is 0.832. The normalized spacial score (nSPS) is 20.2. The van der Waals surface area contributed by atoms with Gasteiger partial charge in [-0.05, 0) is 25.0 Å². The minimum atomic E-state index is -0.0823. The molecule has 9 nitrogen and oxygen atoms in total. The van der Waals surface area contributed by atoms with Crippen molar-refractivity contribution in [1.82, 2.24) is 29.5 Å². The van der Waals surface area contributed by atoms with Crippen LogP contribution in [0.15, 0.2) is 36.9 Å². The topological polar surface area (TPSA) is 88.8 Å². The molecule has 9 heteroatoms. The molecule has 1 amide bonds. The lowest BCUT2D eigenvalue weighted by molar-refractivity contribution is 0.0698. The Hall–Kier alpha value is -3.07. The largest absolute Gasteiger partial charge is 0.378 e. The molecule has 0 unspecified atom stereocenters. The average Bonchev–Trinajstić information content (AvgIpc) is 3.23. The number of carbonyl (C=O) groups is 1. The van der Waals surface area contributed by atoms with E-state index in [0.717, 1.165) is 62.8 Å². The molecular weight excluding hydrogens is 370 g/mol. The number of amides is 1. The van der Waals surface area contributed by atoms with Gasteiger partial charge in [0.15, 0.2) is 11.5 Å². The second-order valence-electron chi connectivity index (χ2n) is 7.44. The third-order valence-corrected chi connectivity index (χ3v) is 5.56. The van der Waals surface area contributed by atoms with Crippen molar-refractivity contribution in [2.75, 3.05) is 44.3 Å². The van der Waals surface area contributed by atoms with E-state index in [1.165, 1.54) is 6.20 Å². The van der Waals surface area contributed by atoms with Crippen molar-refractivity contribution in [1.29, 1.82) is 0 Å². The third-order valence-electron chi connectivity index (χ3n) is 5.56. The van der Waals surface area contributed by atoms with Crippen molar-refractivity contribution in [2.45, 2.75) is 18.8 Å². The first-order valence-electron chi connectivity index (χ1n) is 10.0. The van der Waals surface area contributed by atoms with Gasteiger partial charge in [-0.25, -0.2) is 14.5 Å². The minimum Gasteiger partial charge on any atom is -0.378 e. The third kappa shape index (κ3) is 3.65.